The molecule has 4 fully saturated rings. The summed E-state index contributed by atoms with van der Waals surface area (Å²) < 4.78 is 0. The zero-order chi connectivity index (χ0) is 15.1. The van der Waals surface area contributed by atoms with Crippen LogP contribution in [0, 0.1) is 16.7 Å². The van der Waals surface area contributed by atoms with E-state index >= 15 is 0 Å². The Morgan fingerprint density at radius 3 is 1.71 bits per heavy atom. The summed E-state index contributed by atoms with van der Waals surface area (Å²) in [5.41, 5.74) is 1.41. The van der Waals surface area contributed by atoms with Gasteiger partial charge >= 0.3 is 0 Å². The van der Waals surface area contributed by atoms with Crippen LogP contribution in [0.3, 0.4) is 0 Å². The molecule has 3 aliphatic carbocycles. The smallest absolute Gasteiger partial charge is 0.0113 e. The molecule has 0 aromatic rings. The molecule has 3 saturated carbocycles. The summed E-state index contributed by atoms with van der Waals surface area (Å²) in [5.74, 6) is 0.894. The fourth-order valence-corrected chi connectivity index (χ4v) is 5.31. The van der Waals surface area contributed by atoms with E-state index in [1.54, 1.807) is 0 Å². The molecule has 21 heavy (non-hydrogen) atoms. The minimum absolute atomic E-state index is 0.691. The van der Waals surface area contributed by atoms with Crippen LogP contribution >= 0.6 is 0 Å². The van der Waals surface area contributed by atoms with Crippen LogP contribution in [0.4, 0.5) is 0 Å². The Kier molecular flexibility index (Phi) is 4.40. The summed E-state index contributed by atoms with van der Waals surface area (Å²) in [7, 11) is 0. The molecule has 1 aliphatic heterocycles. The Balaban J connectivity index is 1.53. The third-order valence-electron chi connectivity index (χ3n) is 7.38. The molecule has 2 nitrogen and oxygen atoms in total. The highest BCUT2D eigenvalue weighted by molar-refractivity contribution is 5.01. The molecule has 2 heteroatoms. The summed E-state index contributed by atoms with van der Waals surface area (Å²) in [6, 6.07) is 0.723. The van der Waals surface area contributed by atoms with Gasteiger partial charge in [0, 0.05) is 38.8 Å². The van der Waals surface area contributed by atoms with Gasteiger partial charge in [-0.15, -0.1) is 0 Å². The average Bonchev–Trinajstić information content (AvgIpc) is 2.49. The van der Waals surface area contributed by atoms with Gasteiger partial charge in [0.1, 0.15) is 0 Å². The lowest BCUT2D eigenvalue weighted by atomic mass is 9.50. The Morgan fingerprint density at radius 1 is 0.762 bits per heavy atom. The fourth-order valence-electron chi connectivity index (χ4n) is 5.31. The van der Waals surface area contributed by atoms with E-state index < -0.39 is 0 Å². The Morgan fingerprint density at radius 2 is 1.29 bits per heavy atom. The number of hydrogen-bond acceptors (Lipinski definition) is 2. The van der Waals surface area contributed by atoms with Crippen molar-refractivity contribution in [3.63, 3.8) is 0 Å². The Hall–Kier alpha value is -0.0800. The van der Waals surface area contributed by atoms with E-state index in [1.807, 2.05) is 0 Å². The largest absolute Gasteiger partial charge is 0.300 e. The summed E-state index contributed by atoms with van der Waals surface area (Å²) in [5, 5.41) is 0. The minimum Gasteiger partial charge on any atom is -0.300 e. The summed E-state index contributed by atoms with van der Waals surface area (Å²) >= 11 is 0. The van der Waals surface area contributed by atoms with E-state index in [1.165, 1.54) is 71.2 Å². The molecule has 4 rings (SSSR count). The third-order valence-corrected chi connectivity index (χ3v) is 7.38. The van der Waals surface area contributed by atoms with Gasteiger partial charge in [-0.1, -0.05) is 13.8 Å². The molecular weight excluding hydrogens is 256 g/mol. The molecule has 2 bridgehead atoms. The van der Waals surface area contributed by atoms with Crippen LogP contribution in [0.15, 0.2) is 0 Å². The molecule has 0 spiro atoms. The van der Waals surface area contributed by atoms with Crippen LogP contribution in [0.1, 0.15) is 66.2 Å². The first-order valence-electron chi connectivity index (χ1n) is 9.41. The molecule has 0 atom stereocenters. The van der Waals surface area contributed by atoms with Crippen LogP contribution in [0.2, 0.25) is 0 Å². The average molecular weight is 293 g/mol. The monoisotopic (exact) mass is 292 g/mol. The van der Waals surface area contributed by atoms with Crippen molar-refractivity contribution in [2.45, 2.75) is 72.3 Å². The fraction of sp³-hybridized carbons (Fsp3) is 1.00. The normalized spacial score (nSPS) is 38.6. The van der Waals surface area contributed by atoms with Gasteiger partial charge in [-0.3, -0.25) is 4.90 Å². The van der Waals surface area contributed by atoms with Crippen LogP contribution in [-0.4, -0.2) is 48.6 Å². The maximum absolute atomic E-state index is 2.78. The minimum atomic E-state index is 0.691. The van der Waals surface area contributed by atoms with E-state index in [0.29, 0.717) is 5.41 Å². The molecule has 1 saturated heterocycles. The van der Waals surface area contributed by atoms with Gasteiger partial charge in [0.2, 0.25) is 0 Å². The van der Waals surface area contributed by atoms with Crippen molar-refractivity contribution in [3.8, 4) is 0 Å². The highest BCUT2D eigenvalue weighted by atomic mass is 15.3. The quantitative estimate of drug-likeness (QED) is 0.772. The van der Waals surface area contributed by atoms with Crippen molar-refractivity contribution in [2.75, 3.05) is 32.7 Å². The lowest BCUT2D eigenvalue weighted by Gasteiger charge is -2.57. The predicted octanol–water partition coefficient (Wildman–Crippen LogP) is 4.01. The summed E-state index contributed by atoms with van der Waals surface area (Å²) in [6.45, 7) is 16.2. The first-order chi connectivity index (χ1) is 9.95. The van der Waals surface area contributed by atoms with Crippen molar-refractivity contribution in [1.29, 1.82) is 0 Å². The van der Waals surface area contributed by atoms with Crippen LogP contribution < -0.4 is 0 Å². The second-order valence-corrected chi connectivity index (χ2v) is 8.92. The number of nitrogens with zero attached hydrogens (tertiary/aromatic N) is 2. The maximum atomic E-state index is 2.78. The van der Waals surface area contributed by atoms with Gasteiger partial charge in [0.15, 0.2) is 0 Å². The number of fused-ring (bicyclic) bond motifs is 3. The molecule has 0 amide bonds. The van der Waals surface area contributed by atoms with E-state index in [0.717, 1.165) is 17.4 Å². The second kappa shape index (κ2) is 5.85. The molecule has 0 aromatic heterocycles. The number of hydrogen-bond donors (Lipinski definition) is 0. The highest BCUT2D eigenvalue weighted by Gasteiger charge is 2.50. The molecular formula is C19H36N2. The molecule has 4 aliphatic rings. The molecule has 122 valence electrons. The topological polar surface area (TPSA) is 6.48 Å². The molecule has 0 N–H and O–H groups in total. The SMILES string of the molecule is CC(C)N1CCN(CC23CCC(C(C)C)(CC2)CC3)CC1. The number of rotatable bonds is 4. The first-order valence-corrected chi connectivity index (χ1v) is 9.41. The molecule has 0 radical (unpaired) electrons. The van der Waals surface area contributed by atoms with Crippen LogP contribution in [-0.2, 0) is 0 Å². The highest BCUT2D eigenvalue weighted by Crippen LogP contribution is 2.59. The van der Waals surface area contributed by atoms with Crippen molar-refractivity contribution < 1.29 is 0 Å². The van der Waals surface area contributed by atoms with Crippen molar-refractivity contribution in [1.82, 2.24) is 9.80 Å². The van der Waals surface area contributed by atoms with Gasteiger partial charge in [-0.25, -0.2) is 0 Å². The van der Waals surface area contributed by atoms with Crippen molar-refractivity contribution in [3.05, 3.63) is 0 Å². The second-order valence-electron chi connectivity index (χ2n) is 8.92. The van der Waals surface area contributed by atoms with Gasteiger partial charge in [-0.2, -0.15) is 0 Å². The molecule has 1 heterocycles. The van der Waals surface area contributed by atoms with Gasteiger partial charge in [0.25, 0.3) is 0 Å². The standard InChI is InChI=1S/C19H36N2/c1-16(2)19-8-5-18(6-9-19,7-10-19)15-20-11-13-21(14-12-20)17(3)4/h16-17H,5-15H2,1-4H3. The first kappa shape index (κ1) is 15.8. The summed E-state index contributed by atoms with van der Waals surface area (Å²) in [4.78, 5) is 5.42. The van der Waals surface area contributed by atoms with Gasteiger partial charge < -0.3 is 4.90 Å². The van der Waals surface area contributed by atoms with Gasteiger partial charge in [0.05, 0.1) is 0 Å². The van der Waals surface area contributed by atoms with E-state index in [2.05, 4.69) is 37.5 Å². The Bertz CT molecular complexity index is 328. The molecule has 0 aromatic carbocycles. The van der Waals surface area contributed by atoms with E-state index in [9.17, 15) is 0 Å². The maximum Gasteiger partial charge on any atom is 0.0113 e. The van der Waals surface area contributed by atoms with Crippen LogP contribution in [0.5, 0.6) is 0 Å². The van der Waals surface area contributed by atoms with E-state index in [-0.39, 0.29) is 0 Å². The lowest BCUT2D eigenvalue weighted by Crippen LogP contribution is -2.54. The van der Waals surface area contributed by atoms with Crippen molar-refractivity contribution >= 4 is 0 Å². The zero-order valence-corrected chi connectivity index (χ0v) is 14.8. The summed E-state index contributed by atoms with van der Waals surface area (Å²) in [6.07, 6.45) is 9.06. The van der Waals surface area contributed by atoms with Gasteiger partial charge in [-0.05, 0) is 69.1 Å². The van der Waals surface area contributed by atoms with Crippen molar-refractivity contribution in [2.24, 2.45) is 16.7 Å². The van der Waals surface area contributed by atoms with Crippen LogP contribution in [0.25, 0.3) is 0 Å². The van der Waals surface area contributed by atoms with E-state index in [4.69, 9.17) is 0 Å². The third kappa shape index (κ3) is 3.03. The molecule has 0 unspecified atom stereocenters. The predicted molar refractivity (Wildman–Crippen MR) is 90.6 cm³/mol. The Labute approximate surface area is 132 Å². The lowest BCUT2D eigenvalue weighted by molar-refractivity contribution is -0.0597. The number of piperazine rings is 1. The zero-order valence-electron chi connectivity index (χ0n) is 14.8.